The van der Waals surface area contributed by atoms with Crippen molar-refractivity contribution >= 4 is 23.7 Å². The molecule has 1 aromatic carbocycles. The van der Waals surface area contributed by atoms with E-state index in [1.165, 1.54) is 17.3 Å². The molecule has 28 heavy (non-hydrogen) atoms. The highest BCUT2D eigenvalue weighted by atomic mass is 32.2. The first-order chi connectivity index (χ1) is 13.1. The normalized spacial score (nSPS) is 11.6. The highest BCUT2D eigenvalue weighted by Crippen LogP contribution is 2.27. The molecule has 2 N–H and O–H groups in total. The van der Waals surface area contributed by atoms with Gasteiger partial charge in [-0.05, 0) is 11.0 Å². The number of nitrogens with two attached hydrogens (primary N) is 1. The average Bonchev–Trinajstić information content (AvgIpc) is 2.99. The Morgan fingerprint density at radius 3 is 2.32 bits per heavy atom. The van der Waals surface area contributed by atoms with Crippen LogP contribution in [-0.4, -0.2) is 43.8 Å². The lowest BCUT2D eigenvalue weighted by Gasteiger charge is -2.19. The van der Waals surface area contributed by atoms with Gasteiger partial charge in [-0.25, -0.2) is 0 Å². The van der Waals surface area contributed by atoms with Gasteiger partial charge >= 0.3 is 0 Å². The molecule has 0 bridgehead atoms. The zero-order chi connectivity index (χ0) is 20.5. The van der Waals surface area contributed by atoms with E-state index in [2.05, 4.69) is 70.2 Å². The van der Waals surface area contributed by atoms with Gasteiger partial charge in [0.05, 0.1) is 5.75 Å². The Morgan fingerprint density at radius 1 is 1.04 bits per heavy atom. The summed E-state index contributed by atoms with van der Waals surface area (Å²) >= 11 is 1.51. The van der Waals surface area contributed by atoms with Gasteiger partial charge in [-0.2, -0.15) is 15.0 Å². The second kappa shape index (κ2) is 7.75. The fourth-order valence-electron chi connectivity index (χ4n) is 2.63. The fourth-order valence-corrected chi connectivity index (χ4v) is 3.40. The molecule has 0 aliphatic carbocycles. The molecule has 0 fully saturated rings. The molecule has 8 nitrogen and oxygen atoms in total. The van der Waals surface area contributed by atoms with E-state index in [0.717, 1.165) is 16.5 Å². The third-order valence-corrected chi connectivity index (χ3v) is 5.28. The Hall–Kier alpha value is -2.68. The van der Waals surface area contributed by atoms with Crippen LogP contribution in [-0.2, 0) is 18.2 Å². The summed E-state index contributed by atoms with van der Waals surface area (Å²) in [5.41, 5.74) is 8.24. The van der Waals surface area contributed by atoms with Crippen molar-refractivity contribution < 1.29 is 0 Å². The standard InChI is InChI=1S/C19H26N8S/c1-19(2,3)13-9-7-12(8-10-13)15-24-25-18(27(15)6)28-11-14-21-16(20)23-17(22-14)26(4)5/h7-10H,11H2,1-6H3,(H2,20,21,22,23). The monoisotopic (exact) mass is 398 g/mol. The number of nitrogens with zero attached hydrogens (tertiary/aromatic N) is 7. The number of rotatable bonds is 5. The lowest BCUT2D eigenvalue weighted by Crippen LogP contribution is -2.16. The van der Waals surface area contributed by atoms with Crippen molar-refractivity contribution in [3.63, 3.8) is 0 Å². The van der Waals surface area contributed by atoms with Crippen LogP contribution in [0.15, 0.2) is 29.4 Å². The van der Waals surface area contributed by atoms with Crippen LogP contribution in [0.2, 0.25) is 0 Å². The predicted octanol–water partition coefficient (Wildman–Crippen LogP) is 2.91. The van der Waals surface area contributed by atoms with Crippen molar-refractivity contribution in [3.05, 3.63) is 35.7 Å². The highest BCUT2D eigenvalue weighted by molar-refractivity contribution is 7.98. The molecule has 3 aromatic rings. The minimum absolute atomic E-state index is 0.122. The lowest BCUT2D eigenvalue weighted by atomic mass is 9.87. The van der Waals surface area contributed by atoms with Gasteiger partial charge in [-0.1, -0.05) is 56.8 Å². The maximum absolute atomic E-state index is 5.79. The Kier molecular flexibility index (Phi) is 5.55. The average molecular weight is 399 g/mol. The SMILES string of the molecule is CN(C)c1nc(N)nc(CSc2nnc(-c3ccc(C(C)(C)C)cc3)n2C)n1. The van der Waals surface area contributed by atoms with E-state index in [1.807, 2.05) is 25.7 Å². The number of anilines is 2. The molecule has 148 valence electrons. The van der Waals surface area contributed by atoms with Crippen LogP contribution < -0.4 is 10.6 Å². The number of thioether (sulfide) groups is 1. The number of nitrogen functional groups attached to an aromatic ring is 1. The maximum Gasteiger partial charge on any atom is 0.229 e. The molecule has 0 amide bonds. The maximum atomic E-state index is 5.79. The van der Waals surface area contributed by atoms with Crippen LogP contribution >= 0.6 is 11.8 Å². The number of hydrogen-bond donors (Lipinski definition) is 1. The molecule has 0 saturated heterocycles. The molecule has 9 heteroatoms. The van der Waals surface area contributed by atoms with Gasteiger partial charge in [0.15, 0.2) is 11.0 Å². The lowest BCUT2D eigenvalue weighted by molar-refractivity contribution is 0.590. The van der Waals surface area contributed by atoms with Crippen molar-refractivity contribution in [3.8, 4) is 11.4 Å². The van der Waals surface area contributed by atoms with Crippen molar-refractivity contribution in [2.45, 2.75) is 37.1 Å². The van der Waals surface area contributed by atoms with Gasteiger partial charge in [0.2, 0.25) is 11.9 Å². The van der Waals surface area contributed by atoms with Gasteiger partial charge < -0.3 is 15.2 Å². The van der Waals surface area contributed by atoms with E-state index in [9.17, 15) is 0 Å². The first-order valence-electron chi connectivity index (χ1n) is 8.96. The molecular weight excluding hydrogens is 372 g/mol. The molecule has 0 atom stereocenters. The quantitative estimate of drug-likeness (QED) is 0.655. The zero-order valence-corrected chi connectivity index (χ0v) is 17.9. The fraction of sp³-hybridized carbons (Fsp3) is 0.421. The third kappa shape index (κ3) is 4.41. The van der Waals surface area contributed by atoms with Crippen molar-refractivity contribution in [2.24, 2.45) is 7.05 Å². The first-order valence-corrected chi connectivity index (χ1v) is 9.94. The first kappa shape index (κ1) is 20.1. The molecule has 2 aromatic heterocycles. The molecule has 0 radical (unpaired) electrons. The smallest absolute Gasteiger partial charge is 0.229 e. The summed E-state index contributed by atoms with van der Waals surface area (Å²) in [5, 5.41) is 9.47. The summed E-state index contributed by atoms with van der Waals surface area (Å²) in [6.07, 6.45) is 0. The van der Waals surface area contributed by atoms with E-state index in [0.29, 0.717) is 17.5 Å². The molecule has 0 aliphatic rings. The molecule has 0 aliphatic heterocycles. The predicted molar refractivity (Wildman–Crippen MR) is 113 cm³/mol. The molecule has 0 spiro atoms. The van der Waals surface area contributed by atoms with Crippen LogP contribution in [0.4, 0.5) is 11.9 Å². The van der Waals surface area contributed by atoms with Gasteiger partial charge in [0.1, 0.15) is 5.82 Å². The van der Waals surface area contributed by atoms with Gasteiger partial charge in [-0.3, -0.25) is 0 Å². The molecule has 3 rings (SSSR count). The van der Waals surface area contributed by atoms with E-state index in [4.69, 9.17) is 5.73 Å². The van der Waals surface area contributed by atoms with Crippen molar-refractivity contribution in [1.29, 1.82) is 0 Å². The Bertz CT molecular complexity index is 957. The second-order valence-corrected chi connectivity index (χ2v) is 8.73. The third-order valence-electron chi connectivity index (χ3n) is 4.26. The summed E-state index contributed by atoms with van der Waals surface area (Å²) in [4.78, 5) is 14.5. The second-order valence-electron chi connectivity index (χ2n) is 7.79. The van der Waals surface area contributed by atoms with Crippen molar-refractivity contribution in [1.82, 2.24) is 29.7 Å². The Morgan fingerprint density at radius 2 is 1.71 bits per heavy atom. The van der Waals surface area contributed by atoms with Gasteiger partial charge in [0.25, 0.3) is 0 Å². The van der Waals surface area contributed by atoms with E-state index in [1.54, 1.807) is 4.90 Å². The van der Waals surface area contributed by atoms with Crippen LogP contribution in [0.1, 0.15) is 32.2 Å². The van der Waals surface area contributed by atoms with Gasteiger partial charge in [-0.15, -0.1) is 10.2 Å². The minimum atomic E-state index is 0.122. The summed E-state index contributed by atoms with van der Waals surface area (Å²) < 4.78 is 1.98. The summed E-state index contributed by atoms with van der Waals surface area (Å²) in [5.74, 6) is 2.72. The molecule has 2 heterocycles. The zero-order valence-electron chi connectivity index (χ0n) is 17.1. The van der Waals surface area contributed by atoms with Crippen molar-refractivity contribution in [2.75, 3.05) is 24.7 Å². The number of hydrogen-bond acceptors (Lipinski definition) is 8. The molecule has 0 unspecified atom stereocenters. The molecule has 0 saturated carbocycles. The highest BCUT2D eigenvalue weighted by Gasteiger charge is 2.16. The Labute approximate surface area is 169 Å². The molecular formula is C19H26N8S. The van der Waals surface area contributed by atoms with Crippen LogP contribution in [0, 0.1) is 0 Å². The number of benzene rings is 1. The Balaban J connectivity index is 1.77. The summed E-state index contributed by atoms with van der Waals surface area (Å²) in [7, 11) is 5.69. The van der Waals surface area contributed by atoms with Crippen LogP contribution in [0.5, 0.6) is 0 Å². The van der Waals surface area contributed by atoms with E-state index in [-0.39, 0.29) is 11.4 Å². The van der Waals surface area contributed by atoms with Crippen LogP contribution in [0.3, 0.4) is 0 Å². The summed E-state index contributed by atoms with van der Waals surface area (Å²) in [6, 6.07) is 8.48. The van der Waals surface area contributed by atoms with Gasteiger partial charge in [0, 0.05) is 26.7 Å². The van der Waals surface area contributed by atoms with E-state index < -0.39 is 0 Å². The minimum Gasteiger partial charge on any atom is -0.368 e. The topological polar surface area (TPSA) is 98.6 Å². The largest absolute Gasteiger partial charge is 0.368 e. The van der Waals surface area contributed by atoms with E-state index >= 15 is 0 Å². The summed E-state index contributed by atoms with van der Waals surface area (Å²) in [6.45, 7) is 6.61. The van der Waals surface area contributed by atoms with Crippen LogP contribution in [0.25, 0.3) is 11.4 Å². The number of aromatic nitrogens is 6.